The molecule has 1 saturated heterocycles. The van der Waals surface area contributed by atoms with Crippen LogP contribution in [0.1, 0.15) is 28.9 Å². The van der Waals surface area contributed by atoms with Crippen LogP contribution in [0.4, 0.5) is 10.2 Å². The summed E-state index contributed by atoms with van der Waals surface area (Å²) < 4.78 is 18.6. The molecule has 7 heteroatoms. The predicted octanol–water partition coefficient (Wildman–Crippen LogP) is 2.49. The highest BCUT2D eigenvalue weighted by Crippen LogP contribution is 2.27. The van der Waals surface area contributed by atoms with Gasteiger partial charge in [-0.1, -0.05) is 12.1 Å². The lowest BCUT2D eigenvalue weighted by molar-refractivity contribution is 0.0688. The van der Waals surface area contributed by atoms with Gasteiger partial charge in [-0.2, -0.15) is 0 Å². The van der Waals surface area contributed by atoms with E-state index in [1.807, 2.05) is 4.90 Å². The Kier molecular flexibility index (Phi) is 4.36. The van der Waals surface area contributed by atoms with Gasteiger partial charge < -0.3 is 14.7 Å². The van der Waals surface area contributed by atoms with Crippen LogP contribution in [0.2, 0.25) is 0 Å². The quantitative estimate of drug-likeness (QED) is 0.913. The molecule has 1 aromatic heterocycles. The first-order chi connectivity index (χ1) is 11.1. The van der Waals surface area contributed by atoms with Gasteiger partial charge in [-0.05, 0) is 30.5 Å². The van der Waals surface area contributed by atoms with Gasteiger partial charge in [-0.15, -0.1) is 0 Å². The van der Waals surface area contributed by atoms with Gasteiger partial charge >= 0.3 is 5.97 Å². The van der Waals surface area contributed by atoms with Crippen LogP contribution in [0.15, 0.2) is 30.5 Å². The number of hydrogen-bond donors (Lipinski definition) is 1. The second-order valence-corrected chi connectivity index (χ2v) is 5.30. The lowest BCUT2D eigenvalue weighted by Gasteiger charge is -2.19. The highest BCUT2D eigenvalue weighted by molar-refractivity contribution is 5.85. The Morgan fingerprint density at radius 2 is 1.96 bits per heavy atom. The highest BCUT2D eigenvalue weighted by atomic mass is 19.1. The molecule has 0 atom stereocenters. The summed E-state index contributed by atoms with van der Waals surface area (Å²) in [5.41, 5.74) is 0.600. The van der Waals surface area contributed by atoms with E-state index in [0.717, 1.165) is 31.5 Å². The van der Waals surface area contributed by atoms with Gasteiger partial charge in [0.2, 0.25) is 0 Å². The van der Waals surface area contributed by atoms with Gasteiger partial charge in [-0.25, -0.2) is 19.2 Å². The molecule has 2 heterocycles. The van der Waals surface area contributed by atoms with Crippen molar-refractivity contribution in [2.45, 2.75) is 19.4 Å². The zero-order valence-corrected chi connectivity index (χ0v) is 12.4. The molecule has 1 aromatic carbocycles. The van der Waals surface area contributed by atoms with E-state index < -0.39 is 5.97 Å². The minimum Gasteiger partial charge on any atom is -0.476 e. The van der Waals surface area contributed by atoms with Crippen LogP contribution in [0.5, 0.6) is 5.88 Å². The second-order valence-electron chi connectivity index (χ2n) is 5.30. The van der Waals surface area contributed by atoms with Crippen LogP contribution in [0.25, 0.3) is 0 Å². The number of benzene rings is 1. The van der Waals surface area contributed by atoms with E-state index in [1.54, 1.807) is 12.1 Å². The molecule has 0 saturated carbocycles. The molecule has 0 spiro atoms. The monoisotopic (exact) mass is 317 g/mol. The number of halogens is 1. The largest absolute Gasteiger partial charge is 0.476 e. The molecule has 1 N–H and O–H groups in total. The third-order valence-corrected chi connectivity index (χ3v) is 3.64. The van der Waals surface area contributed by atoms with Gasteiger partial charge in [-0.3, -0.25) is 0 Å². The minimum absolute atomic E-state index is 0.165. The molecule has 0 aliphatic carbocycles. The lowest BCUT2D eigenvalue weighted by Crippen LogP contribution is -2.21. The maximum absolute atomic E-state index is 12.9. The number of carbonyl (C=O) groups is 1. The summed E-state index contributed by atoms with van der Waals surface area (Å²) in [6.45, 7) is 1.85. The maximum Gasteiger partial charge on any atom is 0.356 e. The summed E-state index contributed by atoms with van der Waals surface area (Å²) in [5, 5.41) is 9.07. The maximum atomic E-state index is 12.9. The van der Waals surface area contributed by atoms with Crippen molar-refractivity contribution in [3.05, 3.63) is 47.5 Å². The predicted molar refractivity (Wildman–Crippen MR) is 81.2 cm³/mol. The third kappa shape index (κ3) is 3.56. The van der Waals surface area contributed by atoms with E-state index in [4.69, 9.17) is 9.84 Å². The van der Waals surface area contributed by atoms with Gasteiger partial charge in [0.15, 0.2) is 11.5 Å². The number of aromatic nitrogens is 2. The molecule has 23 heavy (non-hydrogen) atoms. The fraction of sp³-hybridized carbons (Fsp3) is 0.312. The Morgan fingerprint density at radius 3 is 2.61 bits per heavy atom. The highest BCUT2D eigenvalue weighted by Gasteiger charge is 2.21. The Labute approximate surface area is 132 Å². The second kappa shape index (κ2) is 6.60. The van der Waals surface area contributed by atoms with Crippen molar-refractivity contribution in [1.82, 2.24) is 9.97 Å². The average molecular weight is 317 g/mol. The van der Waals surface area contributed by atoms with Crippen LogP contribution in [0.3, 0.4) is 0 Å². The number of aromatic carboxylic acids is 1. The zero-order valence-electron chi connectivity index (χ0n) is 12.4. The summed E-state index contributed by atoms with van der Waals surface area (Å²) in [4.78, 5) is 21.4. The van der Waals surface area contributed by atoms with E-state index in [-0.39, 0.29) is 24.0 Å². The van der Waals surface area contributed by atoms with Crippen molar-refractivity contribution in [2.75, 3.05) is 18.0 Å². The summed E-state index contributed by atoms with van der Waals surface area (Å²) in [7, 11) is 0. The zero-order chi connectivity index (χ0) is 16.2. The van der Waals surface area contributed by atoms with Crippen LogP contribution in [-0.2, 0) is 6.61 Å². The molecule has 6 nitrogen and oxygen atoms in total. The van der Waals surface area contributed by atoms with E-state index in [0.29, 0.717) is 5.82 Å². The Hall–Kier alpha value is -2.70. The van der Waals surface area contributed by atoms with Crippen molar-refractivity contribution < 1.29 is 19.0 Å². The van der Waals surface area contributed by atoms with E-state index in [1.165, 1.54) is 18.3 Å². The summed E-state index contributed by atoms with van der Waals surface area (Å²) in [5.74, 6) is -0.734. The number of anilines is 1. The van der Waals surface area contributed by atoms with Crippen molar-refractivity contribution in [3.63, 3.8) is 0 Å². The van der Waals surface area contributed by atoms with Crippen molar-refractivity contribution in [3.8, 4) is 5.88 Å². The Balaban J connectivity index is 1.83. The Bertz CT molecular complexity index is 700. The van der Waals surface area contributed by atoms with Gasteiger partial charge in [0.25, 0.3) is 5.88 Å². The number of carboxylic acids is 1. The van der Waals surface area contributed by atoms with Crippen LogP contribution in [-0.4, -0.2) is 34.1 Å². The fourth-order valence-electron chi connectivity index (χ4n) is 2.44. The fourth-order valence-corrected chi connectivity index (χ4v) is 2.44. The topological polar surface area (TPSA) is 75.5 Å². The minimum atomic E-state index is -1.16. The van der Waals surface area contributed by atoms with E-state index in [2.05, 4.69) is 9.97 Å². The first kappa shape index (κ1) is 15.2. The number of carboxylic acid groups (broad SMARTS) is 1. The number of rotatable bonds is 5. The normalized spacial score (nSPS) is 14.0. The Morgan fingerprint density at radius 1 is 1.26 bits per heavy atom. The number of nitrogens with zero attached hydrogens (tertiary/aromatic N) is 3. The molecule has 0 amide bonds. The number of hydrogen-bond acceptors (Lipinski definition) is 5. The lowest BCUT2D eigenvalue weighted by atomic mass is 10.2. The molecular weight excluding hydrogens is 301 g/mol. The molecular formula is C16H16FN3O3. The van der Waals surface area contributed by atoms with Crippen LogP contribution >= 0.6 is 0 Å². The molecule has 2 aromatic rings. The van der Waals surface area contributed by atoms with E-state index >= 15 is 0 Å². The third-order valence-electron chi connectivity index (χ3n) is 3.64. The first-order valence-corrected chi connectivity index (χ1v) is 7.36. The van der Waals surface area contributed by atoms with Gasteiger partial charge in [0.05, 0.1) is 6.20 Å². The molecule has 1 aliphatic rings. The molecule has 1 fully saturated rings. The molecule has 0 unspecified atom stereocenters. The molecule has 0 radical (unpaired) electrons. The molecule has 1 aliphatic heterocycles. The molecule has 120 valence electrons. The summed E-state index contributed by atoms with van der Waals surface area (Å²) in [6, 6.07) is 5.91. The van der Waals surface area contributed by atoms with E-state index in [9.17, 15) is 9.18 Å². The van der Waals surface area contributed by atoms with Crippen LogP contribution in [0, 0.1) is 5.82 Å². The average Bonchev–Trinajstić information content (AvgIpc) is 3.08. The van der Waals surface area contributed by atoms with Crippen molar-refractivity contribution in [2.24, 2.45) is 0 Å². The number of ether oxygens (including phenoxy) is 1. The standard InChI is InChI=1S/C16H16FN3O3/c17-12-5-3-11(4-6-12)10-23-15-14(20-7-1-2-8-20)18-9-13(19-15)16(21)22/h3-6,9H,1-2,7-8,10H2,(H,21,22). The smallest absolute Gasteiger partial charge is 0.356 e. The first-order valence-electron chi connectivity index (χ1n) is 7.36. The van der Waals surface area contributed by atoms with Gasteiger partial charge in [0, 0.05) is 13.1 Å². The molecule has 0 bridgehead atoms. The van der Waals surface area contributed by atoms with Crippen molar-refractivity contribution in [1.29, 1.82) is 0 Å². The molecule has 3 rings (SSSR count). The van der Waals surface area contributed by atoms with Crippen molar-refractivity contribution >= 4 is 11.8 Å². The summed E-state index contributed by atoms with van der Waals surface area (Å²) >= 11 is 0. The SMILES string of the molecule is O=C(O)c1cnc(N2CCCC2)c(OCc2ccc(F)cc2)n1. The van der Waals surface area contributed by atoms with Crippen LogP contribution < -0.4 is 9.64 Å². The van der Waals surface area contributed by atoms with Gasteiger partial charge in [0.1, 0.15) is 12.4 Å². The summed E-state index contributed by atoms with van der Waals surface area (Å²) in [6.07, 6.45) is 3.35.